The number of hydrogen-bond acceptors (Lipinski definition) is 8. The summed E-state index contributed by atoms with van der Waals surface area (Å²) in [5, 5.41) is 0. The number of unbranched alkanes of at least 4 members (excludes halogenated alkanes) is 23. The lowest BCUT2D eigenvalue weighted by Crippen LogP contribution is -2.37. The van der Waals surface area contributed by atoms with E-state index in [4.69, 9.17) is 18.5 Å². The molecule has 0 aromatic rings. The van der Waals surface area contributed by atoms with Crippen LogP contribution in [0.15, 0.2) is 12.2 Å². The van der Waals surface area contributed by atoms with E-state index in [0.717, 1.165) is 51.4 Å². The summed E-state index contributed by atoms with van der Waals surface area (Å²) in [6.07, 6.45) is 35.1. The number of carbonyl (C=O) groups is 2. The summed E-state index contributed by atoms with van der Waals surface area (Å²) in [6.45, 7) is 4.22. The molecule has 0 aliphatic rings. The Bertz CT molecular complexity index is 907. The van der Waals surface area contributed by atoms with Crippen molar-refractivity contribution in [2.45, 2.75) is 200 Å². The molecule has 0 heterocycles. The van der Waals surface area contributed by atoms with Gasteiger partial charge in [0.15, 0.2) is 6.10 Å². The fraction of sp³-hybridized carbons (Fsp3) is 0.905. The van der Waals surface area contributed by atoms with Crippen LogP contribution in [0.25, 0.3) is 0 Å². The number of ether oxygens (including phenoxy) is 2. The normalized spacial score (nSPS) is 13.7. The van der Waals surface area contributed by atoms with Gasteiger partial charge in [0.05, 0.1) is 27.7 Å². The molecule has 52 heavy (non-hydrogen) atoms. The van der Waals surface area contributed by atoms with Crippen LogP contribution in [0.3, 0.4) is 0 Å². The molecule has 0 radical (unpaired) electrons. The van der Waals surface area contributed by atoms with Crippen molar-refractivity contribution in [3.63, 3.8) is 0 Å². The first-order chi connectivity index (χ1) is 25.0. The van der Waals surface area contributed by atoms with Gasteiger partial charge in [-0.2, -0.15) is 0 Å². The van der Waals surface area contributed by atoms with Crippen molar-refractivity contribution >= 4 is 19.8 Å². The molecule has 2 atom stereocenters. The monoisotopic (exact) mass is 760 g/mol. The van der Waals surface area contributed by atoms with Crippen LogP contribution in [-0.4, -0.2) is 70.0 Å². The number of allylic oxidation sites excluding steroid dienone is 2. The number of phosphoric ester groups is 1. The van der Waals surface area contributed by atoms with Gasteiger partial charge in [-0.15, -0.1) is 0 Å². The number of phosphoric acid groups is 1. The Morgan fingerprint density at radius 1 is 0.577 bits per heavy atom. The maximum Gasteiger partial charge on any atom is 0.306 e. The topological polar surface area (TPSA) is 111 Å². The summed E-state index contributed by atoms with van der Waals surface area (Å²) in [6, 6.07) is 0. The number of quaternary nitrogens is 1. The van der Waals surface area contributed by atoms with Crippen molar-refractivity contribution in [3.05, 3.63) is 12.2 Å². The lowest BCUT2D eigenvalue weighted by molar-refractivity contribution is -0.870. The molecule has 0 saturated heterocycles. The molecule has 0 bridgehead atoms. The van der Waals surface area contributed by atoms with Gasteiger partial charge in [-0.1, -0.05) is 154 Å². The molecule has 0 aromatic carbocycles. The van der Waals surface area contributed by atoms with Crippen LogP contribution in [-0.2, 0) is 32.7 Å². The van der Waals surface area contributed by atoms with E-state index < -0.39 is 26.5 Å². The molecule has 0 rings (SSSR count). The van der Waals surface area contributed by atoms with Crippen molar-refractivity contribution in [2.24, 2.45) is 0 Å². The zero-order valence-corrected chi connectivity index (χ0v) is 35.4. The number of rotatable bonds is 39. The van der Waals surface area contributed by atoms with Crippen molar-refractivity contribution < 1.29 is 42.1 Å². The predicted octanol–water partition coefficient (Wildman–Crippen LogP) is 11.2. The molecule has 0 aromatic heterocycles. The Morgan fingerprint density at radius 2 is 0.981 bits per heavy atom. The molecule has 0 amide bonds. The van der Waals surface area contributed by atoms with Gasteiger partial charge < -0.3 is 27.9 Å². The van der Waals surface area contributed by atoms with E-state index in [2.05, 4.69) is 26.0 Å². The van der Waals surface area contributed by atoms with Crippen molar-refractivity contribution in [1.29, 1.82) is 0 Å². The van der Waals surface area contributed by atoms with Gasteiger partial charge in [0, 0.05) is 12.8 Å². The lowest BCUT2D eigenvalue weighted by Gasteiger charge is -2.28. The second kappa shape index (κ2) is 35.5. The minimum Gasteiger partial charge on any atom is -0.756 e. The van der Waals surface area contributed by atoms with Crippen molar-refractivity contribution in [2.75, 3.05) is 47.5 Å². The largest absolute Gasteiger partial charge is 0.756 e. The smallest absolute Gasteiger partial charge is 0.306 e. The molecule has 308 valence electrons. The second-order valence-corrected chi connectivity index (χ2v) is 17.1. The first kappa shape index (κ1) is 50.8. The number of carbonyl (C=O) groups excluding carboxylic acids is 2. The molecule has 0 saturated carbocycles. The summed E-state index contributed by atoms with van der Waals surface area (Å²) in [4.78, 5) is 37.4. The number of hydrogen-bond donors (Lipinski definition) is 0. The first-order valence-corrected chi connectivity index (χ1v) is 22.9. The second-order valence-electron chi connectivity index (χ2n) is 15.7. The Balaban J connectivity index is 4.37. The zero-order valence-electron chi connectivity index (χ0n) is 34.5. The molecule has 9 nitrogen and oxygen atoms in total. The highest BCUT2D eigenvalue weighted by Crippen LogP contribution is 2.38. The molecular formula is C42H82NO8P. The van der Waals surface area contributed by atoms with Crippen LogP contribution in [0.5, 0.6) is 0 Å². The highest BCUT2D eigenvalue weighted by Gasteiger charge is 2.21. The molecular weight excluding hydrogens is 677 g/mol. The predicted molar refractivity (Wildman–Crippen MR) is 213 cm³/mol. The highest BCUT2D eigenvalue weighted by molar-refractivity contribution is 7.45. The van der Waals surface area contributed by atoms with Gasteiger partial charge >= 0.3 is 11.9 Å². The van der Waals surface area contributed by atoms with E-state index in [1.165, 1.54) is 109 Å². The van der Waals surface area contributed by atoms with Gasteiger partial charge in [-0.3, -0.25) is 14.2 Å². The summed E-state index contributed by atoms with van der Waals surface area (Å²) in [5.74, 6) is -0.837. The van der Waals surface area contributed by atoms with Gasteiger partial charge in [0.2, 0.25) is 0 Å². The zero-order chi connectivity index (χ0) is 38.6. The van der Waals surface area contributed by atoms with Crippen LogP contribution in [0.1, 0.15) is 194 Å². The summed E-state index contributed by atoms with van der Waals surface area (Å²) < 4.78 is 33.8. The average molecular weight is 760 g/mol. The molecule has 0 fully saturated rings. The van der Waals surface area contributed by atoms with Crippen LogP contribution in [0.4, 0.5) is 0 Å². The molecule has 0 aliphatic heterocycles. The molecule has 0 N–H and O–H groups in total. The third-order valence-corrected chi connectivity index (χ3v) is 10.2. The molecule has 2 unspecified atom stereocenters. The Kier molecular flexibility index (Phi) is 34.6. The fourth-order valence-corrected chi connectivity index (χ4v) is 6.61. The molecule has 0 aliphatic carbocycles. The summed E-state index contributed by atoms with van der Waals surface area (Å²) in [5.41, 5.74) is 0. The van der Waals surface area contributed by atoms with E-state index in [1.54, 1.807) is 0 Å². The van der Waals surface area contributed by atoms with E-state index >= 15 is 0 Å². The molecule has 10 heteroatoms. The van der Waals surface area contributed by atoms with E-state index in [1.807, 2.05) is 21.1 Å². The third-order valence-electron chi connectivity index (χ3n) is 9.29. The Labute approximate surface area is 320 Å². The van der Waals surface area contributed by atoms with Gasteiger partial charge in [0.25, 0.3) is 7.82 Å². The third kappa shape index (κ3) is 38.5. The van der Waals surface area contributed by atoms with Crippen molar-refractivity contribution in [3.8, 4) is 0 Å². The summed E-state index contributed by atoms with van der Waals surface area (Å²) in [7, 11) is 1.17. The van der Waals surface area contributed by atoms with Gasteiger partial charge in [0.1, 0.15) is 19.8 Å². The quantitative estimate of drug-likeness (QED) is 0.0200. The van der Waals surface area contributed by atoms with Crippen LogP contribution in [0, 0.1) is 0 Å². The van der Waals surface area contributed by atoms with Crippen LogP contribution >= 0.6 is 7.82 Å². The highest BCUT2D eigenvalue weighted by atomic mass is 31.2. The Hall–Kier alpha value is -1.25. The average Bonchev–Trinajstić information content (AvgIpc) is 3.09. The number of esters is 2. The van der Waals surface area contributed by atoms with Crippen LogP contribution < -0.4 is 4.89 Å². The molecule has 0 spiro atoms. The van der Waals surface area contributed by atoms with Crippen LogP contribution in [0.2, 0.25) is 0 Å². The summed E-state index contributed by atoms with van der Waals surface area (Å²) >= 11 is 0. The number of nitrogens with zero attached hydrogens (tertiary/aromatic N) is 1. The Morgan fingerprint density at radius 3 is 1.42 bits per heavy atom. The van der Waals surface area contributed by atoms with Gasteiger partial charge in [-0.05, 0) is 38.5 Å². The van der Waals surface area contributed by atoms with Gasteiger partial charge in [-0.25, -0.2) is 0 Å². The van der Waals surface area contributed by atoms with E-state index in [9.17, 15) is 19.0 Å². The van der Waals surface area contributed by atoms with Crippen molar-refractivity contribution in [1.82, 2.24) is 0 Å². The first-order valence-electron chi connectivity index (χ1n) is 21.4. The minimum atomic E-state index is -4.62. The standard InChI is InChI=1S/C42H82NO8P/c1-6-8-10-12-14-16-18-20-21-23-25-27-29-31-33-35-42(45)51-40(39-50-52(46,47)49-37-36-43(3,4)5)38-48-41(44)34-32-30-28-26-24-22-19-17-15-13-11-9-7-2/h20-21,40H,6-19,22-39H2,1-5H3/b21-20-. The van der Waals surface area contributed by atoms with E-state index in [-0.39, 0.29) is 32.0 Å². The minimum absolute atomic E-state index is 0.0294. The lowest BCUT2D eigenvalue weighted by atomic mass is 10.0. The van der Waals surface area contributed by atoms with E-state index in [0.29, 0.717) is 17.4 Å². The number of likely N-dealkylation sites (N-methyl/N-ethyl adjacent to an activating group) is 1. The maximum absolute atomic E-state index is 12.6. The fourth-order valence-electron chi connectivity index (χ4n) is 5.88. The maximum atomic E-state index is 12.6. The SMILES string of the molecule is CCCCCCCC/C=C\CCCCCCCC(=O)OC(COC(=O)CCCCCCCCCCCCCCC)COP(=O)([O-])OCC[N+](C)(C)C.